The van der Waals surface area contributed by atoms with Crippen molar-refractivity contribution in [3.63, 3.8) is 0 Å². The third-order valence-corrected chi connectivity index (χ3v) is 2.66. The molecule has 1 aromatic rings. The number of carboxylic acids is 1. The Morgan fingerprint density at radius 3 is 2.62 bits per heavy atom. The first-order valence-corrected chi connectivity index (χ1v) is 6.25. The second-order valence-corrected chi connectivity index (χ2v) is 4.39. The molecule has 0 bridgehead atoms. The number of carbonyl (C=O) groups excluding carboxylic acids is 2. The minimum absolute atomic E-state index is 0.0447. The van der Waals surface area contributed by atoms with Gasteiger partial charge in [-0.1, -0.05) is 6.07 Å². The zero-order chi connectivity index (χ0) is 15.8. The van der Waals surface area contributed by atoms with Gasteiger partial charge in [-0.15, -0.1) is 0 Å². The van der Waals surface area contributed by atoms with E-state index in [1.807, 2.05) is 6.07 Å². The van der Waals surface area contributed by atoms with Crippen LogP contribution < -0.4 is 10.6 Å². The largest absolute Gasteiger partial charge is 0.481 e. The van der Waals surface area contributed by atoms with Crippen LogP contribution in [-0.4, -0.2) is 23.0 Å². The highest BCUT2D eigenvalue weighted by molar-refractivity contribution is 6.01. The molecule has 3 N–H and O–H groups in total. The van der Waals surface area contributed by atoms with Crippen LogP contribution in [-0.2, 0) is 9.59 Å². The standard InChI is InChI=1S/C14H15N3O4/c1-9-5-6-10(8-15)7-11(9)16-14(21)17-12(18)3-2-4-13(19)20/h5-7H,2-4H2,1H3,(H,19,20)(H2,16,17,18,21). The molecule has 7 heteroatoms. The lowest BCUT2D eigenvalue weighted by atomic mass is 10.1. The van der Waals surface area contributed by atoms with Crippen molar-refractivity contribution < 1.29 is 19.5 Å². The van der Waals surface area contributed by atoms with Gasteiger partial charge in [-0.3, -0.25) is 14.9 Å². The zero-order valence-electron chi connectivity index (χ0n) is 11.5. The molecule has 0 saturated carbocycles. The van der Waals surface area contributed by atoms with Gasteiger partial charge in [-0.25, -0.2) is 4.79 Å². The summed E-state index contributed by atoms with van der Waals surface area (Å²) in [5.41, 5.74) is 1.58. The van der Waals surface area contributed by atoms with Gasteiger partial charge in [0.2, 0.25) is 5.91 Å². The highest BCUT2D eigenvalue weighted by Crippen LogP contribution is 2.16. The summed E-state index contributed by atoms with van der Waals surface area (Å²) in [4.78, 5) is 33.4. The number of carbonyl (C=O) groups is 3. The molecule has 7 nitrogen and oxygen atoms in total. The van der Waals surface area contributed by atoms with Crippen molar-refractivity contribution in [2.45, 2.75) is 26.2 Å². The summed E-state index contributed by atoms with van der Waals surface area (Å²) in [6.07, 6.45) is -0.00725. The van der Waals surface area contributed by atoms with E-state index >= 15 is 0 Å². The maximum absolute atomic E-state index is 11.6. The van der Waals surface area contributed by atoms with Crippen LogP contribution in [0.3, 0.4) is 0 Å². The average Bonchev–Trinajstić information content (AvgIpc) is 2.40. The molecule has 3 amide bonds. The molecule has 0 unspecified atom stereocenters. The van der Waals surface area contributed by atoms with E-state index in [4.69, 9.17) is 10.4 Å². The molecule has 1 aromatic carbocycles. The Bertz CT molecular complexity index is 605. The van der Waals surface area contributed by atoms with Crippen LogP contribution in [0, 0.1) is 18.3 Å². The number of hydrogen-bond donors (Lipinski definition) is 3. The van der Waals surface area contributed by atoms with Gasteiger partial charge in [0.1, 0.15) is 0 Å². The molecular formula is C14H15N3O4. The second kappa shape index (κ2) is 7.65. The fraction of sp³-hybridized carbons (Fsp3) is 0.286. The number of hydrogen-bond acceptors (Lipinski definition) is 4. The van der Waals surface area contributed by atoms with Crippen LogP contribution in [0.15, 0.2) is 18.2 Å². The molecule has 0 aliphatic heterocycles. The van der Waals surface area contributed by atoms with Crippen LogP contribution >= 0.6 is 0 Å². The average molecular weight is 289 g/mol. The lowest BCUT2D eigenvalue weighted by Crippen LogP contribution is -2.34. The fourth-order valence-electron chi connectivity index (χ4n) is 1.57. The van der Waals surface area contributed by atoms with Crippen LogP contribution in [0.25, 0.3) is 0 Å². The first kappa shape index (κ1) is 16.2. The molecule has 110 valence electrons. The molecule has 0 aliphatic carbocycles. The normalized spacial score (nSPS) is 9.52. The molecule has 0 fully saturated rings. The second-order valence-electron chi connectivity index (χ2n) is 4.39. The van der Waals surface area contributed by atoms with E-state index in [1.54, 1.807) is 19.1 Å². The summed E-state index contributed by atoms with van der Waals surface area (Å²) in [5.74, 6) is -1.54. The van der Waals surface area contributed by atoms with E-state index in [1.165, 1.54) is 6.07 Å². The number of benzene rings is 1. The molecule has 0 aromatic heterocycles. The van der Waals surface area contributed by atoms with Gasteiger partial charge in [0.05, 0.1) is 11.6 Å². The van der Waals surface area contributed by atoms with Crippen molar-refractivity contribution >= 4 is 23.6 Å². The van der Waals surface area contributed by atoms with E-state index in [2.05, 4.69) is 10.6 Å². The predicted octanol–water partition coefficient (Wildman–Crippen LogP) is 1.77. The number of urea groups is 1. The Kier molecular flexibility index (Phi) is 5.89. The van der Waals surface area contributed by atoms with Crippen molar-refractivity contribution in [2.24, 2.45) is 0 Å². The number of imide groups is 1. The van der Waals surface area contributed by atoms with Gasteiger partial charge in [-0.2, -0.15) is 5.26 Å². The van der Waals surface area contributed by atoms with Crippen LogP contribution in [0.5, 0.6) is 0 Å². The van der Waals surface area contributed by atoms with Gasteiger partial charge >= 0.3 is 12.0 Å². The third kappa shape index (κ3) is 5.74. The SMILES string of the molecule is Cc1ccc(C#N)cc1NC(=O)NC(=O)CCCC(=O)O. The lowest BCUT2D eigenvalue weighted by Gasteiger charge is -2.09. The molecule has 0 spiro atoms. The number of amides is 3. The molecule has 0 saturated heterocycles. The maximum atomic E-state index is 11.6. The molecular weight excluding hydrogens is 274 g/mol. The van der Waals surface area contributed by atoms with Crippen LogP contribution in [0.1, 0.15) is 30.4 Å². The first-order valence-electron chi connectivity index (χ1n) is 6.25. The summed E-state index contributed by atoms with van der Waals surface area (Å²) >= 11 is 0. The van der Waals surface area contributed by atoms with E-state index in [0.29, 0.717) is 11.3 Å². The highest BCUT2D eigenvalue weighted by Gasteiger charge is 2.10. The van der Waals surface area contributed by atoms with E-state index in [-0.39, 0.29) is 19.3 Å². The fourth-order valence-corrected chi connectivity index (χ4v) is 1.57. The number of aliphatic carboxylic acids is 1. The summed E-state index contributed by atoms with van der Waals surface area (Å²) in [6, 6.07) is 6.05. The number of anilines is 1. The summed E-state index contributed by atoms with van der Waals surface area (Å²) in [6.45, 7) is 1.76. The molecule has 1 rings (SSSR count). The number of nitrogens with one attached hydrogen (secondary N) is 2. The first-order chi connectivity index (χ1) is 9.92. The van der Waals surface area contributed by atoms with Crippen molar-refractivity contribution in [1.29, 1.82) is 5.26 Å². The minimum Gasteiger partial charge on any atom is -0.481 e. The third-order valence-electron chi connectivity index (χ3n) is 2.66. The summed E-state index contributed by atoms with van der Waals surface area (Å²) in [7, 11) is 0. The van der Waals surface area contributed by atoms with Crippen LogP contribution in [0.2, 0.25) is 0 Å². The van der Waals surface area contributed by atoms with E-state index in [9.17, 15) is 14.4 Å². The predicted molar refractivity (Wildman–Crippen MR) is 74.5 cm³/mol. The zero-order valence-corrected chi connectivity index (χ0v) is 11.5. The molecule has 0 atom stereocenters. The molecule has 21 heavy (non-hydrogen) atoms. The van der Waals surface area contributed by atoms with Crippen molar-refractivity contribution in [1.82, 2.24) is 5.32 Å². The number of rotatable bonds is 5. The number of nitrogens with zero attached hydrogens (tertiary/aromatic N) is 1. The van der Waals surface area contributed by atoms with Gasteiger partial charge in [0.25, 0.3) is 0 Å². The van der Waals surface area contributed by atoms with Crippen molar-refractivity contribution in [3.05, 3.63) is 29.3 Å². The van der Waals surface area contributed by atoms with Gasteiger partial charge in [0, 0.05) is 18.5 Å². The lowest BCUT2D eigenvalue weighted by molar-refractivity contribution is -0.137. The van der Waals surface area contributed by atoms with E-state index < -0.39 is 17.9 Å². The van der Waals surface area contributed by atoms with E-state index in [0.717, 1.165) is 5.56 Å². The monoisotopic (exact) mass is 289 g/mol. The van der Waals surface area contributed by atoms with Gasteiger partial charge < -0.3 is 10.4 Å². The summed E-state index contributed by atoms with van der Waals surface area (Å²) in [5, 5.41) is 21.8. The molecule has 0 heterocycles. The maximum Gasteiger partial charge on any atom is 0.325 e. The summed E-state index contributed by atoms with van der Waals surface area (Å²) < 4.78 is 0. The Morgan fingerprint density at radius 1 is 1.29 bits per heavy atom. The van der Waals surface area contributed by atoms with Crippen LogP contribution in [0.4, 0.5) is 10.5 Å². The highest BCUT2D eigenvalue weighted by atomic mass is 16.4. The number of aryl methyl sites for hydroxylation is 1. The Balaban J connectivity index is 2.52. The van der Waals surface area contributed by atoms with Gasteiger partial charge in [-0.05, 0) is 31.0 Å². The topological polar surface area (TPSA) is 119 Å². The quantitative estimate of drug-likeness (QED) is 0.763. The number of nitriles is 1. The molecule has 0 radical (unpaired) electrons. The van der Waals surface area contributed by atoms with Crippen molar-refractivity contribution in [3.8, 4) is 6.07 Å². The Hall–Kier alpha value is -2.88. The minimum atomic E-state index is -0.990. The Labute approximate surface area is 121 Å². The molecule has 0 aliphatic rings. The van der Waals surface area contributed by atoms with Crippen molar-refractivity contribution in [2.75, 3.05) is 5.32 Å². The number of carboxylic acid groups (broad SMARTS) is 1. The Morgan fingerprint density at radius 2 is 2.00 bits per heavy atom. The smallest absolute Gasteiger partial charge is 0.325 e. The van der Waals surface area contributed by atoms with Gasteiger partial charge in [0.15, 0.2) is 0 Å².